The molecule has 9 heteroatoms. The van der Waals surface area contributed by atoms with Crippen molar-refractivity contribution in [1.29, 1.82) is 5.41 Å². The van der Waals surface area contributed by atoms with E-state index in [1.807, 2.05) is 0 Å². The SMILES string of the molecule is CNC(=O)C(C)(NC)C(=N)c1ccc(S(=O)(=O)N2CCOCC2)cc1. The van der Waals surface area contributed by atoms with E-state index in [1.165, 1.54) is 23.5 Å². The average Bonchev–Trinajstić information content (AvgIpc) is 2.66. The number of sulfonamides is 1. The summed E-state index contributed by atoms with van der Waals surface area (Å²) in [6, 6.07) is 6.03. The Hall–Kier alpha value is -1.81. The number of nitrogens with one attached hydrogen (secondary N) is 3. The predicted octanol–water partition coefficient (Wildman–Crippen LogP) is -0.201. The van der Waals surface area contributed by atoms with E-state index in [0.717, 1.165) is 0 Å². The van der Waals surface area contributed by atoms with Crippen molar-refractivity contribution >= 4 is 21.6 Å². The lowest BCUT2D eigenvalue weighted by atomic mass is 9.89. The Bertz CT molecular complexity index is 742. The Morgan fingerprint density at radius 2 is 1.76 bits per heavy atom. The third-order valence-electron chi connectivity index (χ3n) is 4.43. The molecule has 0 spiro atoms. The van der Waals surface area contributed by atoms with Gasteiger partial charge in [-0.15, -0.1) is 0 Å². The molecule has 0 aromatic heterocycles. The molecule has 0 saturated carbocycles. The second-order valence-electron chi connectivity index (χ2n) is 5.87. The van der Waals surface area contributed by atoms with Crippen molar-refractivity contribution < 1.29 is 17.9 Å². The summed E-state index contributed by atoms with van der Waals surface area (Å²) in [5.41, 5.74) is -0.676. The molecule has 1 atom stereocenters. The van der Waals surface area contributed by atoms with E-state index in [1.54, 1.807) is 26.1 Å². The molecular formula is C16H24N4O4S. The number of amides is 1. The van der Waals surface area contributed by atoms with Gasteiger partial charge in [0.2, 0.25) is 15.9 Å². The highest BCUT2D eigenvalue weighted by atomic mass is 32.2. The maximum absolute atomic E-state index is 12.6. The number of nitrogens with zero attached hydrogens (tertiary/aromatic N) is 1. The zero-order valence-electron chi connectivity index (χ0n) is 14.6. The predicted molar refractivity (Wildman–Crippen MR) is 94.4 cm³/mol. The molecule has 1 fully saturated rings. The number of likely N-dealkylation sites (N-methyl/N-ethyl adjacent to an activating group) is 2. The number of hydrogen-bond acceptors (Lipinski definition) is 6. The third-order valence-corrected chi connectivity index (χ3v) is 6.34. The van der Waals surface area contributed by atoms with Crippen LogP contribution in [0.2, 0.25) is 0 Å². The molecular weight excluding hydrogens is 344 g/mol. The standard InChI is InChI=1S/C16H24N4O4S/c1-16(19-3,15(21)18-2)14(17)12-4-6-13(7-5-12)25(22,23)20-8-10-24-11-9-20/h4-7,17,19H,8-11H2,1-3H3,(H,18,21). The van der Waals surface area contributed by atoms with E-state index in [9.17, 15) is 13.2 Å². The molecule has 8 nitrogen and oxygen atoms in total. The van der Waals surface area contributed by atoms with Crippen molar-refractivity contribution in [3.63, 3.8) is 0 Å². The van der Waals surface area contributed by atoms with Crippen LogP contribution in [-0.2, 0) is 19.6 Å². The van der Waals surface area contributed by atoms with Gasteiger partial charge in [-0.2, -0.15) is 4.31 Å². The molecule has 138 valence electrons. The average molecular weight is 368 g/mol. The summed E-state index contributed by atoms with van der Waals surface area (Å²) in [5, 5.41) is 13.7. The van der Waals surface area contributed by atoms with Crippen LogP contribution in [0.3, 0.4) is 0 Å². The molecule has 1 aromatic rings. The first-order chi connectivity index (χ1) is 11.8. The summed E-state index contributed by atoms with van der Waals surface area (Å²) in [6.45, 7) is 3.03. The van der Waals surface area contributed by atoms with Gasteiger partial charge in [0.15, 0.2) is 0 Å². The first-order valence-corrected chi connectivity index (χ1v) is 9.40. The number of hydrogen-bond donors (Lipinski definition) is 3. The smallest absolute Gasteiger partial charge is 0.245 e. The molecule has 0 aliphatic carbocycles. The van der Waals surface area contributed by atoms with E-state index < -0.39 is 15.6 Å². The van der Waals surface area contributed by atoms with Gasteiger partial charge in [-0.05, 0) is 31.7 Å². The lowest BCUT2D eigenvalue weighted by molar-refractivity contribution is -0.123. The topological polar surface area (TPSA) is 112 Å². The summed E-state index contributed by atoms with van der Waals surface area (Å²) < 4.78 is 31.8. The van der Waals surface area contributed by atoms with E-state index in [0.29, 0.717) is 31.9 Å². The zero-order chi connectivity index (χ0) is 18.7. The number of carbonyl (C=O) groups excluding carboxylic acids is 1. The molecule has 25 heavy (non-hydrogen) atoms. The molecule has 1 aliphatic heterocycles. The van der Waals surface area contributed by atoms with Crippen LogP contribution in [0.25, 0.3) is 0 Å². The maximum Gasteiger partial charge on any atom is 0.245 e. The minimum absolute atomic E-state index is 0.0599. The van der Waals surface area contributed by atoms with Crippen LogP contribution in [0, 0.1) is 5.41 Å². The first-order valence-electron chi connectivity index (χ1n) is 7.96. The van der Waals surface area contributed by atoms with Crippen molar-refractivity contribution in [3.8, 4) is 0 Å². The van der Waals surface area contributed by atoms with Gasteiger partial charge in [-0.1, -0.05) is 12.1 Å². The third kappa shape index (κ3) is 3.74. The zero-order valence-corrected chi connectivity index (χ0v) is 15.4. The van der Waals surface area contributed by atoms with Crippen molar-refractivity contribution in [3.05, 3.63) is 29.8 Å². The highest BCUT2D eigenvalue weighted by molar-refractivity contribution is 7.89. The lowest BCUT2D eigenvalue weighted by Gasteiger charge is -2.28. The number of ether oxygens (including phenoxy) is 1. The van der Waals surface area contributed by atoms with Crippen molar-refractivity contribution in [2.75, 3.05) is 40.4 Å². The highest BCUT2D eigenvalue weighted by Gasteiger charge is 2.36. The fraction of sp³-hybridized carbons (Fsp3) is 0.500. The summed E-state index contributed by atoms with van der Waals surface area (Å²) in [6.07, 6.45) is 0. The summed E-state index contributed by atoms with van der Waals surface area (Å²) >= 11 is 0. The summed E-state index contributed by atoms with van der Waals surface area (Å²) in [4.78, 5) is 12.2. The van der Waals surface area contributed by atoms with Crippen LogP contribution in [0.1, 0.15) is 12.5 Å². The van der Waals surface area contributed by atoms with E-state index >= 15 is 0 Å². The van der Waals surface area contributed by atoms with Crippen LogP contribution in [0.15, 0.2) is 29.2 Å². The summed E-state index contributed by atoms with van der Waals surface area (Å²) in [5.74, 6) is -0.343. The normalized spacial score (nSPS) is 18.4. The van der Waals surface area contributed by atoms with Crippen LogP contribution in [0.5, 0.6) is 0 Å². The number of benzene rings is 1. The monoisotopic (exact) mass is 368 g/mol. The molecule has 1 aromatic carbocycles. The number of morpholine rings is 1. The second kappa shape index (κ2) is 7.61. The van der Waals surface area contributed by atoms with Gasteiger partial charge in [0.05, 0.1) is 23.8 Å². The fourth-order valence-electron chi connectivity index (χ4n) is 2.62. The highest BCUT2D eigenvalue weighted by Crippen LogP contribution is 2.20. The fourth-order valence-corrected chi connectivity index (χ4v) is 4.03. The van der Waals surface area contributed by atoms with Gasteiger partial charge in [0.25, 0.3) is 0 Å². The molecule has 1 unspecified atom stereocenters. The molecule has 1 saturated heterocycles. The van der Waals surface area contributed by atoms with Gasteiger partial charge in [0.1, 0.15) is 5.54 Å². The molecule has 0 bridgehead atoms. The first kappa shape index (κ1) is 19.5. The Balaban J connectivity index is 2.27. The minimum Gasteiger partial charge on any atom is -0.379 e. The molecule has 0 radical (unpaired) electrons. The van der Waals surface area contributed by atoms with Gasteiger partial charge in [0, 0.05) is 20.1 Å². The largest absolute Gasteiger partial charge is 0.379 e. The van der Waals surface area contributed by atoms with Crippen molar-refractivity contribution in [2.45, 2.75) is 17.4 Å². The Kier molecular flexibility index (Phi) is 5.94. The quantitative estimate of drug-likeness (QED) is 0.602. The van der Waals surface area contributed by atoms with Crippen LogP contribution in [-0.4, -0.2) is 70.3 Å². The molecule has 1 heterocycles. The van der Waals surface area contributed by atoms with Crippen molar-refractivity contribution in [2.24, 2.45) is 0 Å². The summed E-state index contributed by atoms with van der Waals surface area (Å²) in [7, 11) is -0.477. The van der Waals surface area contributed by atoms with Crippen molar-refractivity contribution in [1.82, 2.24) is 14.9 Å². The molecule has 1 aliphatic rings. The van der Waals surface area contributed by atoms with Crippen LogP contribution in [0.4, 0.5) is 0 Å². The van der Waals surface area contributed by atoms with E-state index in [4.69, 9.17) is 10.1 Å². The van der Waals surface area contributed by atoms with Crippen LogP contribution >= 0.6 is 0 Å². The van der Waals surface area contributed by atoms with Gasteiger partial charge in [-0.25, -0.2) is 8.42 Å². The Labute approximate surface area is 148 Å². The van der Waals surface area contributed by atoms with Gasteiger partial charge < -0.3 is 20.8 Å². The molecule has 2 rings (SSSR count). The minimum atomic E-state index is -3.58. The van der Waals surface area contributed by atoms with E-state index in [-0.39, 0.29) is 16.5 Å². The maximum atomic E-state index is 12.6. The molecule has 3 N–H and O–H groups in total. The number of rotatable bonds is 6. The Morgan fingerprint density at radius 3 is 2.24 bits per heavy atom. The Morgan fingerprint density at radius 1 is 1.20 bits per heavy atom. The van der Waals surface area contributed by atoms with E-state index in [2.05, 4.69) is 10.6 Å². The van der Waals surface area contributed by atoms with Gasteiger partial charge >= 0.3 is 0 Å². The number of carbonyl (C=O) groups is 1. The lowest BCUT2D eigenvalue weighted by Crippen LogP contribution is -2.58. The van der Waals surface area contributed by atoms with Crippen LogP contribution < -0.4 is 10.6 Å². The van der Waals surface area contributed by atoms with Gasteiger partial charge in [-0.3, -0.25) is 4.79 Å². The second-order valence-corrected chi connectivity index (χ2v) is 7.81. The molecule has 1 amide bonds.